The van der Waals surface area contributed by atoms with E-state index in [0.717, 1.165) is 19.6 Å². The number of nitrogens with one attached hydrogen (secondary N) is 1. The molecule has 0 radical (unpaired) electrons. The number of likely N-dealkylation sites (N-methyl/N-ethyl adjacent to an activating group) is 1. The molecule has 2 heterocycles. The Bertz CT molecular complexity index is 279. The first-order chi connectivity index (χ1) is 8.74. The highest BCUT2D eigenvalue weighted by atomic mass is 16.5. The lowest BCUT2D eigenvalue weighted by Crippen LogP contribution is -2.45. The van der Waals surface area contributed by atoms with Gasteiger partial charge in [0.25, 0.3) is 0 Å². The Morgan fingerprint density at radius 2 is 2.11 bits per heavy atom. The number of carbonyl (C=O) groups excluding carboxylic acids is 1. The summed E-state index contributed by atoms with van der Waals surface area (Å²) in [7, 11) is 3.26. The van der Waals surface area contributed by atoms with Crippen LogP contribution in [0, 0.1) is 0 Å². The number of nitrogens with zero attached hydrogens (tertiary/aromatic N) is 2. The molecule has 0 spiro atoms. The SMILES string of the molecule is CNC(CN1CCC(N2CCCC2)C1)C(=O)OC. The van der Waals surface area contributed by atoms with E-state index in [-0.39, 0.29) is 12.0 Å². The minimum absolute atomic E-state index is 0.165. The van der Waals surface area contributed by atoms with Crippen LogP contribution in [0.3, 0.4) is 0 Å². The second kappa shape index (κ2) is 6.50. The number of methoxy groups -OCH3 is 1. The molecule has 1 N–H and O–H groups in total. The van der Waals surface area contributed by atoms with E-state index in [9.17, 15) is 4.79 Å². The Hall–Kier alpha value is -0.650. The zero-order chi connectivity index (χ0) is 13.0. The van der Waals surface area contributed by atoms with Crippen LogP contribution in [0.1, 0.15) is 19.3 Å². The Balaban J connectivity index is 1.79. The second-order valence-corrected chi connectivity index (χ2v) is 5.31. The van der Waals surface area contributed by atoms with Crippen molar-refractivity contribution in [1.82, 2.24) is 15.1 Å². The van der Waals surface area contributed by atoms with Crippen molar-refractivity contribution in [2.24, 2.45) is 0 Å². The number of hydrogen-bond acceptors (Lipinski definition) is 5. The van der Waals surface area contributed by atoms with Crippen LogP contribution in [0.15, 0.2) is 0 Å². The number of ether oxygens (including phenoxy) is 1. The van der Waals surface area contributed by atoms with E-state index in [4.69, 9.17) is 4.74 Å². The predicted molar refractivity (Wildman–Crippen MR) is 70.5 cm³/mol. The third-order valence-electron chi connectivity index (χ3n) is 4.18. The van der Waals surface area contributed by atoms with Crippen molar-refractivity contribution in [3.63, 3.8) is 0 Å². The largest absolute Gasteiger partial charge is 0.468 e. The molecule has 0 saturated carbocycles. The third kappa shape index (κ3) is 3.22. The molecule has 5 heteroatoms. The highest BCUT2D eigenvalue weighted by molar-refractivity contribution is 5.75. The maximum atomic E-state index is 11.5. The molecular weight excluding hydrogens is 230 g/mol. The van der Waals surface area contributed by atoms with Gasteiger partial charge < -0.3 is 10.1 Å². The van der Waals surface area contributed by atoms with Crippen molar-refractivity contribution in [2.45, 2.75) is 31.3 Å². The molecule has 0 bridgehead atoms. The molecule has 2 saturated heterocycles. The van der Waals surface area contributed by atoms with E-state index in [0.29, 0.717) is 6.04 Å². The average Bonchev–Trinajstić information content (AvgIpc) is 3.05. The van der Waals surface area contributed by atoms with Gasteiger partial charge in [0.05, 0.1) is 7.11 Å². The van der Waals surface area contributed by atoms with E-state index in [1.54, 1.807) is 0 Å². The summed E-state index contributed by atoms with van der Waals surface area (Å²) in [5, 5.41) is 3.03. The van der Waals surface area contributed by atoms with Gasteiger partial charge in [-0.1, -0.05) is 0 Å². The van der Waals surface area contributed by atoms with Gasteiger partial charge in [-0.2, -0.15) is 0 Å². The molecule has 2 aliphatic heterocycles. The van der Waals surface area contributed by atoms with Crippen LogP contribution < -0.4 is 5.32 Å². The molecule has 2 fully saturated rings. The third-order valence-corrected chi connectivity index (χ3v) is 4.18. The molecule has 2 unspecified atom stereocenters. The zero-order valence-corrected chi connectivity index (χ0v) is 11.5. The van der Waals surface area contributed by atoms with Gasteiger partial charge >= 0.3 is 5.97 Å². The summed E-state index contributed by atoms with van der Waals surface area (Å²) in [4.78, 5) is 16.5. The predicted octanol–water partition coefficient (Wildman–Crippen LogP) is -0.0825. The van der Waals surface area contributed by atoms with Crippen LogP contribution >= 0.6 is 0 Å². The van der Waals surface area contributed by atoms with Crippen molar-refractivity contribution in [3.05, 3.63) is 0 Å². The first kappa shape index (κ1) is 13.8. The molecule has 104 valence electrons. The molecule has 0 aromatic rings. The topological polar surface area (TPSA) is 44.8 Å². The Labute approximate surface area is 109 Å². The Kier molecular flexibility index (Phi) is 4.97. The normalized spacial score (nSPS) is 27.6. The molecule has 5 nitrogen and oxygen atoms in total. The minimum Gasteiger partial charge on any atom is -0.468 e. The number of esters is 1. The molecule has 2 aliphatic rings. The highest BCUT2D eigenvalue weighted by Gasteiger charge is 2.31. The van der Waals surface area contributed by atoms with Crippen LogP contribution in [0.25, 0.3) is 0 Å². The van der Waals surface area contributed by atoms with Gasteiger partial charge in [0.15, 0.2) is 0 Å². The molecule has 18 heavy (non-hydrogen) atoms. The second-order valence-electron chi connectivity index (χ2n) is 5.31. The van der Waals surface area contributed by atoms with Crippen LogP contribution in [-0.4, -0.2) is 74.7 Å². The summed E-state index contributed by atoms with van der Waals surface area (Å²) in [5.41, 5.74) is 0. The number of carbonyl (C=O) groups is 1. The van der Waals surface area contributed by atoms with E-state index < -0.39 is 0 Å². The molecule has 0 aliphatic carbocycles. The Morgan fingerprint density at radius 3 is 2.72 bits per heavy atom. The summed E-state index contributed by atoms with van der Waals surface area (Å²) in [6.07, 6.45) is 3.92. The van der Waals surface area contributed by atoms with E-state index in [2.05, 4.69) is 15.1 Å². The molecule has 2 atom stereocenters. The molecule has 0 aromatic heterocycles. The number of likely N-dealkylation sites (tertiary alicyclic amines) is 2. The molecule has 2 rings (SSSR count). The standard InChI is InChI=1S/C13H25N3O2/c1-14-12(13(17)18-2)10-15-8-5-11(9-15)16-6-3-4-7-16/h11-12,14H,3-10H2,1-2H3. The van der Waals surface area contributed by atoms with Gasteiger partial charge in [-0.25, -0.2) is 0 Å². The van der Waals surface area contributed by atoms with E-state index in [1.807, 2.05) is 7.05 Å². The van der Waals surface area contributed by atoms with Gasteiger partial charge in [0, 0.05) is 19.1 Å². The van der Waals surface area contributed by atoms with Gasteiger partial charge in [-0.05, 0) is 45.9 Å². The van der Waals surface area contributed by atoms with Gasteiger partial charge in [0.2, 0.25) is 0 Å². The summed E-state index contributed by atoms with van der Waals surface area (Å²) < 4.78 is 4.80. The van der Waals surface area contributed by atoms with Crippen LogP contribution in [-0.2, 0) is 9.53 Å². The maximum absolute atomic E-state index is 11.5. The lowest BCUT2D eigenvalue weighted by atomic mass is 10.2. The summed E-state index contributed by atoms with van der Waals surface area (Å²) in [5.74, 6) is -0.165. The van der Waals surface area contributed by atoms with Crippen molar-refractivity contribution in [3.8, 4) is 0 Å². The fraction of sp³-hybridized carbons (Fsp3) is 0.923. The fourth-order valence-electron chi connectivity index (χ4n) is 3.07. The molecular formula is C13H25N3O2. The quantitative estimate of drug-likeness (QED) is 0.696. The molecule has 0 aromatic carbocycles. The van der Waals surface area contributed by atoms with Gasteiger partial charge in [0.1, 0.15) is 6.04 Å². The minimum atomic E-state index is -0.202. The van der Waals surface area contributed by atoms with E-state index in [1.165, 1.54) is 39.5 Å². The summed E-state index contributed by atoms with van der Waals surface area (Å²) in [6.45, 7) is 5.45. The molecule has 0 amide bonds. The lowest BCUT2D eigenvalue weighted by Gasteiger charge is -2.25. The van der Waals surface area contributed by atoms with Crippen LogP contribution in [0.2, 0.25) is 0 Å². The van der Waals surface area contributed by atoms with Gasteiger partial charge in [-0.3, -0.25) is 14.6 Å². The smallest absolute Gasteiger partial charge is 0.324 e. The lowest BCUT2D eigenvalue weighted by molar-refractivity contribution is -0.143. The maximum Gasteiger partial charge on any atom is 0.324 e. The monoisotopic (exact) mass is 255 g/mol. The van der Waals surface area contributed by atoms with Crippen molar-refractivity contribution in [1.29, 1.82) is 0 Å². The first-order valence-corrected chi connectivity index (χ1v) is 6.96. The van der Waals surface area contributed by atoms with Crippen molar-refractivity contribution >= 4 is 5.97 Å². The fourth-order valence-corrected chi connectivity index (χ4v) is 3.07. The van der Waals surface area contributed by atoms with Crippen molar-refractivity contribution in [2.75, 3.05) is 46.9 Å². The van der Waals surface area contributed by atoms with Crippen LogP contribution in [0.4, 0.5) is 0 Å². The highest BCUT2D eigenvalue weighted by Crippen LogP contribution is 2.20. The van der Waals surface area contributed by atoms with Crippen LogP contribution in [0.5, 0.6) is 0 Å². The zero-order valence-electron chi connectivity index (χ0n) is 11.5. The number of rotatable bonds is 5. The summed E-state index contributed by atoms with van der Waals surface area (Å²) in [6, 6.07) is 0.495. The van der Waals surface area contributed by atoms with E-state index >= 15 is 0 Å². The van der Waals surface area contributed by atoms with Crippen molar-refractivity contribution < 1.29 is 9.53 Å². The number of hydrogen-bond donors (Lipinski definition) is 1. The Morgan fingerprint density at radius 1 is 1.39 bits per heavy atom. The first-order valence-electron chi connectivity index (χ1n) is 6.96. The van der Waals surface area contributed by atoms with Gasteiger partial charge in [-0.15, -0.1) is 0 Å². The average molecular weight is 255 g/mol. The summed E-state index contributed by atoms with van der Waals surface area (Å²) >= 11 is 0.